The van der Waals surface area contributed by atoms with Crippen LogP contribution < -0.4 is 0 Å². The van der Waals surface area contributed by atoms with Crippen molar-refractivity contribution in [3.63, 3.8) is 0 Å². The predicted octanol–water partition coefficient (Wildman–Crippen LogP) is 3.76. The molecule has 0 bridgehead atoms. The van der Waals surface area contributed by atoms with Gasteiger partial charge in [-0.25, -0.2) is 8.78 Å². The number of ether oxygens (including phenoxy) is 1. The van der Waals surface area contributed by atoms with Crippen molar-refractivity contribution in [1.82, 2.24) is 4.90 Å². The molecule has 2 aromatic carbocycles. The zero-order valence-electron chi connectivity index (χ0n) is 14.3. The first-order valence-electron chi connectivity index (χ1n) is 8.17. The van der Waals surface area contributed by atoms with Crippen LogP contribution in [-0.2, 0) is 16.9 Å². The molecule has 130 valence electrons. The first-order chi connectivity index (χ1) is 11.9. The molecule has 0 aromatic heterocycles. The standard InChI is InChI=1S/C20H20F2N2O/c1-24(2)12-18(22)10-20(16-4-6-17(21)7-5-16)19-8-3-14(11-23)9-15(19)13-25-20/h3-9,18H,10,12-13H2,1-2H3. The van der Waals surface area contributed by atoms with Gasteiger partial charge in [0.2, 0.25) is 0 Å². The van der Waals surface area contributed by atoms with Gasteiger partial charge in [-0.05, 0) is 55.1 Å². The van der Waals surface area contributed by atoms with Crippen molar-refractivity contribution in [3.05, 3.63) is 70.5 Å². The summed E-state index contributed by atoms with van der Waals surface area (Å²) >= 11 is 0. The van der Waals surface area contributed by atoms with Crippen molar-refractivity contribution in [3.8, 4) is 6.07 Å². The molecule has 2 unspecified atom stereocenters. The number of hydrogen-bond donors (Lipinski definition) is 0. The minimum Gasteiger partial charge on any atom is -0.361 e. The van der Waals surface area contributed by atoms with Crippen molar-refractivity contribution < 1.29 is 13.5 Å². The third kappa shape index (κ3) is 3.41. The van der Waals surface area contributed by atoms with E-state index in [1.54, 1.807) is 29.2 Å². The molecule has 3 nitrogen and oxygen atoms in total. The van der Waals surface area contributed by atoms with E-state index in [2.05, 4.69) is 6.07 Å². The van der Waals surface area contributed by atoms with Crippen molar-refractivity contribution >= 4 is 0 Å². The molecule has 0 saturated heterocycles. The van der Waals surface area contributed by atoms with Crippen molar-refractivity contribution in [2.24, 2.45) is 0 Å². The van der Waals surface area contributed by atoms with Crippen LogP contribution in [0.1, 0.15) is 28.7 Å². The molecule has 3 rings (SSSR count). The largest absolute Gasteiger partial charge is 0.361 e. The highest BCUT2D eigenvalue weighted by molar-refractivity contribution is 5.48. The Morgan fingerprint density at radius 1 is 1.24 bits per heavy atom. The zero-order valence-corrected chi connectivity index (χ0v) is 14.3. The first kappa shape index (κ1) is 17.5. The van der Waals surface area contributed by atoms with Gasteiger partial charge in [0, 0.05) is 13.0 Å². The highest BCUT2D eigenvalue weighted by atomic mass is 19.1. The van der Waals surface area contributed by atoms with Crippen LogP contribution in [0.5, 0.6) is 0 Å². The van der Waals surface area contributed by atoms with Gasteiger partial charge < -0.3 is 9.64 Å². The second-order valence-corrected chi connectivity index (χ2v) is 6.67. The summed E-state index contributed by atoms with van der Waals surface area (Å²) < 4.78 is 34.2. The predicted molar refractivity (Wildman–Crippen MR) is 91.2 cm³/mol. The molecule has 2 atom stereocenters. The van der Waals surface area contributed by atoms with Crippen molar-refractivity contribution in [2.45, 2.75) is 24.8 Å². The maximum atomic E-state index is 14.7. The van der Waals surface area contributed by atoms with E-state index in [-0.39, 0.29) is 18.8 Å². The van der Waals surface area contributed by atoms with Gasteiger partial charge >= 0.3 is 0 Å². The van der Waals surface area contributed by atoms with Crippen molar-refractivity contribution in [2.75, 3.05) is 20.6 Å². The molecule has 0 saturated carbocycles. The maximum absolute atomic E-state index is 14.7. The number of rotatable bonds is 5. The average molecular weight is 342 g/mol. The van der Waals surface area contributed by atoms with E-state index >= 15 is 0 Å². The van der Waals surface area contributed by atoms with Crippen LogP contribution in [0.3, 0.4) is 0 Å². The van der Waals surface area contributed by atoms with Crippen LogP contribution in [0.15, 0.2) is 42.5 Å². The smallest absolute Gasteiger partial charge is 0.123 e. The Balaban J connectivity index is 2.06. The second kappa shape index (κ2) is 6.91. The lowest BCUT2D eigenvalue weighted by Gasteiger charge is -2.32. The van der Waals surface area contributed by atoms with Crippen LogP contribution in [0, 0.1) is 17.1 Å². The SMILES string of the molecule is CN(C)CC(F)CC1(c2ccc(F)cc2)OCc2cc(C#N)ccc21. The monoisotopic (exact) mass is 342 g/mol. The number of fused-ring (bicyclic) bond motifs is 1. The Morgan fingerprint density at radius 3 is 2.60 bits per heavy atom. The molecular formula is C20H20F2N2O. The van der Waals surface area contributed by atoms with E-state index in [1.807, 2.05) is 20.2 Å². The molecule has 1 aliphatic rings. The summed E-state index contributed by atoms with van der Waals surface area (Å²) in [6, 6.07) is 13.4. The fraction of sp³-hybridized carbons (Fsp3) is 0.350. The van der Waals surface area contributed by atoms with E-state index in [4.69, 9.17) is 10.00 Å². The van der Waals surface area contributed by atoms with E-state index < -0.39 is 11.8 Å². The second-order valence-electron chi connectivity index (χ2n) is 6.67. The summed E-state index contributed by atoms with van der Waals surface area (Å²) in [6.07, 6.45) is -0.975. The van der Waals surface area contributed by atoms with E-state index in [0.29, 0.717) is 12.2 Å². The Morgan fingerprint density at radius 2 is 1.96 bits per heavy atom. The Labute approximate surface area is 146 Å². The maximum Gasteiger partial charge on any atom is 0.123 e. The van der Waals surface area contributed by atoms with Crippen LogP contribution >= 0.6 is 0 Å². The Hall–Kier alpha value is -2.29. The van der Waals surface area contributed by atoms with Crippen LogP contribution in [0.25, 0.3) is 0 Å². The molecule has 1 heterocycles. The third-order valence-corrected chi connectivity index (χ3v) is 4.53. The molecule has 5 heteroatoms. The fourth-order valence-corrected chi connectivity index (χ4v) is 3.47. The van der Waals surface area contributed by atoms with Gasteiger partial charge in [-0.2, -0.15) is 5.26 Å². The van der Waals surface area contributed by atoms with Gasteiger partial charge in [-0.1, -0.05) is 18.2 Å². The average Bonchev–Trinajstić information content (AvgIpc) is 2.93. The number of alkyl halides is 1. The van der Waals surface area contributed by atoms with E-state index in [9.17, 15) is 8.78 Å². The Kier molecular flexibility index (Phi) is 4.85. The molecule has 0 spiro atoms. The van der Waals surface area contributed by atoms with Gasteiger partial charge in [0.15, 0.2) is 0 Å². The molecule has 1 aliphatic heterocycles. The summed E-state index contributed by atoms with van der Waals surface area (Å²) in [7, 11) is 3.64. The molecule has 0 amide bonds. The highest BCUT2D eigenvalue weighted by Gasteiger charge is 2.43. The lowest BCUT2D eigenvalue weighted by Crippen LogP contribution is -2.34. The number of halogens is 2. The fourth-order valence-electron chi connectivity index (χ4n) is 3.47. The van der Waals surface area contributed by atoms with Gasteiger partial charge in [0.1, 0.15) is 17.6 Å². The van der Waals surface area contributed by atoms with Crippen molar-refractivity contribution in [1.29, 1.82) is 5.26 Å². The lowest BCUT2D eigenvalue weighted by atomic mass is 9.81. The van der Waals surface area contributed by atoms with Crippen LogP contribution in [0.2, 0.25) is 0 Å². The molecule has 0 radical (unpaired) electrons. The van der Waals surface area contributed by atoms with E-state index in [1.165, 1.54) is 12.1 Å². The third-order valence-electron chi connectivity index (χ3n) is 4.53. The van der Waals surface area contributed by atoms with Gasteiger partial charge in [-0.3, -0.25) is 0 Å². The van der Waals surface area contributed by atoms with Crippen LogP contribution in [-0.4, -0.2) is 31.7 Å². The minimum atomic E-state index is -1.11. The van der Waals surface area contributed by atoms with Gasteiger partial charge in [0.25, 0.3) is 0 Å². The minimum absolute atomic E-state index is 0.135. The Bertz CT molecular complexity index is 798. The number of nitriles is 1. The lowest BCUT2D eigenvalue weighted by molar-refractivity contribution is -0.0294. The molecule has 0 aliphatic carbocycles. The highest BCUT2D eigenvalue weighted by Crippen LogP contribution is 2.46. The first-order valence-corrected chi connectivity index (χ1v) is 8.17. The van der Waals surface area contributed by atoms with E-state index in [0.717, 1.165) is 16.7 Å². The topological polar surface area (TPSA) is 36.3 Å². The summed E-state index contributed by atoms with van der Waals surface area (Å²) in [5.74, 6) is -0.345. The van der Waals surface area contributed by atoms with Gasteiger partial charge in [-0.15, -0.1) is 0 Å². The number of hydrogen-bond acceptors (Lipinski definition) is 3. The molecule has 2 aromatic rings. The zero-order chi connectivity index (χ0) is 18.0. The molecular weight excluding hydrogens is 322 g/mol. The molecule has 0 fully saturated rings. The molecule has 0 N–H and O–H groups in total. The molecule has 25 heavy (non-hydrogen) atoms. The van der Waals surface area contributed by atoms with Gasteiger partial charge in [0.05, 0.1) is 18.2 Å². The summed E-state index contributed by atoms with van der Waals surface area (Å²) in [5.41, 5.74) is 2.02. The summed E-state index contributed by atoms with van der Waals surface area (Å²) in [5, 5.41) is 9.09. The number of nitrogens with zero attached hydrogens (tertiary/aromatic N) is 2. The quantitative estimate of drug-likeness (QED) is 0.830. The number of benzene rings is 2. The summed E-state index contributed by atoms with van der Waals surface area (Å²) in [4.78, 5) is 1.79. The normalized spacial score (nSPS) is 20.3. The summed E-state index contributed by atoms with van der Waals surface area (Å²) in [6.45, 7) is 0.578. The van der Waals surface area contributed by atoms with Crippen LogP contribution in [0.4, 0.5) is 8.78 Å².